The van der Waals surface area contributed by atoms with Crippen LogP contribution in [-0.2, 0) is 9.47 Å². The summed E-state index contributed by atoms with van der Waals surface area (Å²) in [6.07, 6.45) is 18.0. The minimum Gasteiger partial charge on any atom is -0.371 e. The Morgan fingerprint density at radius 3 is 2.26 bits per heavy atom. The van der Waals surface area contributed by atoms with Gasteiger partial charge in [-0.05, 0) is 106 Å². The molecular weight excluding hydrogens is 380 g/mol. The van der Waals surface area contributed by atoms with Crippen molar-refractivity contribution < 1.29 is 9.47 Å². The highest BCUT2D eigenvalue weighted by Gasteiger charge is 2.62. The molecule has 4 aliphatic rings. The molecule has 4 fully saturated rings. The molecule has 0 aromatic carbocycles. The normalized spacial score (nSPS) is 49.2. The molecule has 2 nitrogen and oxygen atoms in total. The van der Waals surface area contributed by atoms with Crippen LogP contribution in [0.15, 0.2) is 0 Å². The van der Waals surface area contributed by atoms with E-state index >= 15 is 0 Å². The second kappa shape index (κ2) is 8.61. The van der Waals surface area contributed by atoms with Gasteiger partial charge in [0, 0.05) is 0 Å². The minimum atomic E-state index is 0.0982. The van der Waals surface area contributed by atoms with Crippen LogP contribution in [0.4, 0.5) is 0 Å². The largest absolute Gasteiger partial charge is 0.371 e. The van der Waals surface area contributed by atoms with Crippen molar-refractivity contribution in [2.75, 3.05) is 0 Å². The maximum atomic E-state index is 7.20. The van der Waals surface area contributed by atoms with Crippen LogP contribution in [0.1, 0.15) is 132 Å². The Balaban J connectivity index is 1.55. The molecule has 8 unspecified atom stereocenters. The Labute approximate surface area is 193 Å². The molecule has 0 aromatic rings. The monoisotopic (exact) mass is 432 g/mol. The molecule has 8 atom stereocenters. The number of hydrogen-bond acceptors (Lipinski definition) is 2. The van der Waals surface area contributed by atoms with Crippen LogP contribution in [-0.4, -0.2) is 23.4 Å². The third kappa shape index (κ3) is 4.05. The van der Waals surface area contributed by atoms with E-state index < -0.39 is 0 Å². The highest BCUT2D eigenvalue weighted by atomic mass is 16.5. The summed E-state index contributed by atoms with van der Waals surface area (Å²) in [5.74, 6) is 2.11. The molecule has 0 radical (unpaired) electrons. The number of hydrogen-bond donors (Lipinski definition) is 0. The molecule has 0 spiro atoms. The first-order chi connectivity index (χ1) is 14.6. The predicted octanol–water partition coefficient (Wildman–Crippen LogP) is 8.32. The van der Waals surface area contributed by atoms with E-state index in [9.17, 15) is 0 Å². The summed E-state index contributed by atoms with van der Waals surface area (Å²) in [6, 6.07) is 0. The van der Waals surface area contributed by atoms with E-state index in [1.165, 1.54) is 83.5 Å². The van der Waals surface area contributed by atoms with Gasteiger partial charge in [-0.1, -0.05) is 54.4 Å². The van der Waals surface area contributed by atoms with Crippen LogP contribution in [0.25, 0.3) is 0 Å². The summed E-state index contributed by atoms with van der Waals surface area (Å²) in [5, 5.41) is 0. The van der Waals surface area contributed by atoms with Gasteiger partial charge in [0.2, 0.25) is 0 Å². The number of ether oxygens (including phenoxy) is 2. The quantitative estimate of drug-likeness (QED) is 0.364. The van der Waals surface area contributed by atoms with Crippen molar-refractivity contribution in [2.45, 2.75) is 155 Å². The number of rotatable bonds is 9. The lowest BCUT2D eigenvalue weighted by atomic mass is 9.58. The van der Waals surface area contributed by atoms with Gasteiger partial charge in [-0.3, -0.25) is 0 Å². The second-order valence-corrected chi connectivity index (χ2v) is 13.2. The Bertz CT molecular complexity index is 630. The highest BCUT2D eigenvalue weighted by molar-refractivity contribution is 5.11. The summed E-state index contributed by atoms with van der Waals surface area (Å²) in [4.78, 5) is 0. The average molecular weight is 433 g/mol. The first kappa shape index (κ1) is 24.1. The smallest absolute Gasteiger partial charge is 0.0718 e. The third-order valence-electron chi connectivity index (χ3n) is 10.9. The zero-order valence-corrected chi connectivity index (χ0v) is 21.9. The van der Waals surface area contributed by atoms with E-state index in [2.05, 4.69) is 48.5 Å². The molecule has 4 bridgehead atoms. The van der Waals surface area contributed by atoms with Crippen LogP contribution < -0.4 is 0 Å². The van der Waals surface area contributed by atoms with E-state index in [1.54, 1.807) is 0 Å². The van der Waals surface area contributed by atoms with Gasteiger partial charge in [-0.25, -0.2) is 0 Å². The molecule has 180 valence electrons. The zero-order valence-electron chi connectivity index (χ0n) is 21.9. The number of fused-ring (bicyclic) bond motifs is 4. The molecule has 2 aliphatic heterocycles. The second-order valence-electron chi connectivity index (χ2n) is 13.2. The van der Waals surface area contributed by atoms with Gasteiger partial charge >= 0.3 is 0 Å². The summed E-state index contributed by atoms with van der Waals surface area (Å²) in [5.41, 5.74) is 1.07. The maximum absolute atomic E-state index is 7.20. The maximum Gasteiger partial charge on any atom is 0.0718 e. The van der Waals surface area contributed by atoms with Gasteiger partial charge in [-0.15, -0.1) is 0 Å². The molecule has 4 rings (SSSR count). The summed E-state index contributed by atoms with van der Waals surface area (Å²) in [7, 11) is 0. The van der Waals surface area contributed by atoms with E-state index in [0.29, 0.717) is 40.8 Å². The molecule has 2 heterocycles. The van der Waals surface area contributed by atoms with Crippen LogP contribution in [0.5, 0.6) is 0 Å². The Hall–Kier alpha value is -0.0800. The van der Waals surface area contributed by atoms with Crippen molar-refractivity contribution >= 4 is 0 Å². The topological polar surface area (TPSA) is 18.5 Å². The molecule has 2 heteroatoms. The van der Waals surface area contributed by atoms with Crippen LogP contribution >= 0.6 is 0 Å². The molecule has 2 saturated carbocycles. The fourth-order valence-electron chi connectivity index (χ4n) is 8.36. The lowest BCUT2D eigenvalue weighted by Crippen LogP contribution is -2.44. The van der Waals surface area contributed by atoms with Crippen molar-refractivity contribution in [1.29, 1.82) is 0 Å². The van der Waals surface area contributed by atoms with Crippen molar-refractivity contribution in [2.24, 2.45) is 28.6 Å². The van der Waals surface area contributed by atoms with Crippen LogP contribution in [0, 0.1) is 28.6 Å². The van der Waals surface area contributed by atoms with Gasteiger partial charge in [-0.2, -0.15) is 0 Å². The Morgan fingerprint density at radius 1 is 0.871 bits per heavy atom. The molecule has 0 amide bonds. The minimum absolute atomic E-state index is 0.0982. The lowest BCUT2D eigenvalue weighted by Gasteiger charge is -2.46. The standard InChI is InChI=1S/C29H52O2/c1-8-10-11-24-27(9-2)14-13-23(6)29(20-27,31-24)17-16-28-15-12-22(5)26(7,19-28)30-25(28)18-21(3)4/h21-25H,8-20H2,1-7H3. The molecular formula is C29H52O2. The third-order valence-corrected chi connectivity index (χ3v) is 10.9. The molecule has 31 heavy (non-hydrogen) atoms. The molecule has 2 aliphatic carbocycles. The van der Waals surface area contributed by atoms with Crippen LogP contribution in [0.2, 0.25) is 0 Å². The van der Waals surface area contributed by atoms with Gasteiger partial charge in [0.15, 0.2) is 0 Å². The van der Waals surface area contributed by atoms with E-state index in [4.69, 9.17) is 9.47 Å². The highest BCUT2D eigenvalue weighted by Crippen LogP contribution is 2.64. The predicted molar refractivity (Wildman–Crippen MR) is 130 cm³/mol. The first-order valence-electron chi connectivity index (χ1n) is 14.0. The fourth-order valence-corrected chi connectivity index (χ4v) is 8.36. The van der Waals surface area contributed by atoms with Crippen molar-refractivity contribution in [3.63, 3.8) is 0 Å². The molecule has 2 saturated heterocycles. The van der Waals surface area contributed by atoms with Crippen molar-refractivity contribution in [3.8, 4) is 0 Å². The summed E-state index contributed by atoms with van der Waals surface area (Å²) < 4.78 is 14.1. The Morgan fingerprint density at radius 2 is 1.58 bits per heavy atom. The average Bonchev–Trinajstić information content (AvgIpc) is 3.14. The van der Waals surface area contributed by atoms with Gasteiger partial charge in [0.25, 0.3) is 0 Å². The zero-order chi connectivity index (χ0) is 22.5. The Kier molecular flexibility index (Phi) is 6.68. The SMILES string of the molecule is CCCCC1OC2(CCC34CCC(C)C(C)(C3)OC4CC(C)C)CC1(CC)CCC2C. The molecule has 0 aromatic heterocycles. The fraction of sp³-hybridized carbons (Fsp3) is 1.00. The lowest BCUT2D eigenvalue weighted by molar-refractivity contribution is -0.0929. The van der Waals surface area contributed by atoms with Gasteiger partial charge in [0.1, 0.15) is 0 Å². The van der Waals surface area contributed by atoms with Gasteiger partial charge < -0.3 is 9.47 Å². The van der Waals surface area contributed by atoms with Gasteiger partial charge in [0.05, 0.1) is 23.4 Å². The summed E-state index contributed by atoms with van der Waals surface area (Å²) >= 11 is 0. The number of unbranched alkanes of at least 4 members (excludes halogenated alkanes) is 1. The summed E-state index contributed by atoms with van der Waals surface area (Å²) in [6.45, 7) is 16.9. The van der Waals surface area contributed by atoms with Crippen LogP contribution in [0.3, 0.4) is 0 Å². The molecule has 0 N–H and O–H groups in total. The first-order valence-corrected chi connectivity index (χ1v) is 14.0. The van der Waals surface area contributed by atoms with Crippen molar-refractivity contribution in [3.05, 3.63) is 0 Å². The van der Waals surface area contributed by atoms with Crippen molar-refractivity contribution in [1.82, 2.24) is 0 Å². The van der Waals surface area contributed by atoms with E-state index in [1.807, 2.05) is 0 Å². The van der Waals surface area contributed by atoms with E-state index in [0.717, 1.165) is 0 Å². The van der Waals surface area contributed by atoms with E-state index in [-0.39, 0.29) is 11.2 Å².